The Labute approximate surface area is 102 Å². The molecule has 0 fully saturated rings. The number of benzene rings is 1. The molecule has 4 heteroatoms. The maximum atomic E-state index is 11.0. The minimum Gasteiger partial charge on any atom is -0.207 e. The molecule has 0 spiro atoms. The van der Waals surface area contributed by atoms with Gasteiger partial charge in [-0.15, -0.1) is 0 Å². The minimum atomic E-state index is -3.58. The van der Waals surface area contributed by atoms with E-state index in [0.29, 0.717) is 0 Å². The van der Waals surface area contributed by atoms with Gasteiger partial charge >= 0.3 is 0 Å². The van der Waals surface area contributed by atoms with E-state index in [4.69, 9.17) is 10.7 Å². The average Bonchev–Trinajstić information content (AvgIpc) is 2.24. The molecule has 1 aromatic rings. The first-order valence-electron chi connectivity index (χ1n) is 5.57. The quantitative estimate of drug-likeness (QED) is 0.577. The predicted molar refractivity (Wildman–Crippen MR) is 67.3 cm³/mol. The number of aryl methyl sites for hydroxylation is 1. The van der Waals surface area contributed by atoms with Crippen LogP contribution in [0.3, 0.4) is 0 Å². The standard InChI is InChI=1S/C12H17ClO2S/c1-2-3-4-5-6-11-7-9-12(10-8-11)16(13,14)15/h7-10H,2-6H2,1H3. The molecule has 0 N–H and O–H groups in total. The fraction of sp³-hybridized carbons (Fsp3) is 0.500. The average molecular weight is 261 g/mol. The smallest absolute Gasteiger partial charge is 0.207 e. The van der Waals surface area contributed by atoms with Crippen LogP contribution in [0.4, 0.5) is 0 Å². The summed E-state index contributed by atoms with van der Waals surface area (Å²) in [6.45, 7) is 2.18. The first-order valence-corrected chi connectivity index (χ1v) is 7.88. The summed E-state index contributed by atoms with van der Waals surface area (Å²) >= 11 is 0. The number of rotatable bonds is 6. The summed E-state index contributed by atoms with van der Waals surface area (Å²) in [6.07, 6.45) is 5.87. The Morgan fingerprint density at radius 3 is 2.19 bits per heavy atom. The number of hydrogen-bond donors (Lipinski definition) is 0. The van der Waals surface area contributed by atoms with Crippen molar-refractivity contribution in [3.63, 3.8) is 0 Å². The molecular formula is C12H17ClO2S. The zero-order chi connectivity index (χ0) is 12.0. The van der Waals surface area contributed by atoms with Crippen LogP contribution in [0.2, 0.25) is 0 Å². The fourth-order valence-corrected chi connectivity index (χ4v) is 2.34. The van der Waals surface area contributed by atoms with Crippen molar-refractivity contribution >= 4 is 19.7 Å². The molecule has 1 aromatic carbocycles. The Morgan fingerprint density at radius 1 is 1.06 bits per heavy atom. The van der Waals surface area contributed by atoms with Crippen molar-refractivity contribution in [2.75, 3.05) is 0 Å². The zero-order valence-electron chi connectivity index (χ0n) is 9.45. The Hall–Kier alpha value is -0.540. The van der Waals surface area contributed by atoms with E-state index >= 15 is 0 Å². The summed E-state index contributed by atoms with van der Waals surface area (Å²) < 4.78 is 22.0. The third-order valence-electron chi connectivity index (χ3n) is 2.52. The number of halogens is 1. The first kappa shape index (κ1) is 13.5. The Kier molecular flexibility index (Phi) is 5.29. The van der Waals surface area contributed by atoms with Crippen LogP contribution in [0.15, 0.2) is 29.2 Å². The summed E-state index contributed by atoms with van der Waals surface area (Å²) in [5.74, 6) is 0. The summed E-state index contributed by atoms with van der Waals surface area (Å²) in [7, 11) is 1.65. The molecule has 0 aromatic heterocycles. The van der Waals surface area contributed by atoms with E-state index in [-0.39, 0.29) is 4.90 Å². The van der Waals surface area contributed by atoms with E-state index in [1.54, 1.807) is 12.1 Å². The summed E-state index contributed by atoms with van der Waals surface area (Å²) in [5.41, 5.74) is 1.17. The molecule has 0 atom stereocenters. The topological polar surface area (TPSA) is 34.1 Å². The van der Waals surface area contributed by atoms with Gasteiger partial charge in [-0.2, -0.15) is 0 Å². The molecule has 2 nitrogen and oxygen atoms in total. The van der Waals surface area contributed by atoms with Crippen molar-refractivity contribution < 1.29 is 8.42 Å². The van der Waals surface area contributed by atoms with Crippen molar-refractivity contribution in [2.45, 2.75) is 43.9 Å². The maximum Gasteiger partial charge on any atom is 0.261 e. The van der Waals surface area contributed by atoms with E-state index in [0.717, 1.165) is 12.8 Å². The van der Waals surface area contributed by atoms with Crippen molar-refractivity contribution in [1.29, 1.82) is 0 Å². The summed E-state index contributed by atoms with van der Waals surface area (Å²) in [4.78, 5) is 0.173. The second kappa shape index (κ2) is 6.26. The van der Waals surface area contributed by atoms with Crippen LogP contribution in [-0.4, -0.2) is 8.42 Å². The van der Waals surface area contributed by atoms with Crippen LogP contribution in [-0.2, 0) is 15.5 Å². The van der Waals surface area contributed by atoms with E-state index < -0.39 is 9.05 Å². The van der Waals surface area contributed by atoms with Crippen LogP contribution in [0, 0.1) is 0 Å². The molecule has 0 saturated carbocycles. The van der Waals surface area contributed by atoms with E-state index in [1.807, 2.05) is 12.1 Å². The molecule has 0 amide bonds. The number of hydrogen-bond acceptors (Lipinski definition) is 2. The van der Waals surface area contributed by atoms with Crippen LogP contribution in [0.1, 0.15) is 38.2 Å². The Morgan fingerprint density at radius 2 is 1.69 bits per heavy atom. The van der Waals surface area contributed by atoms with E-state index in [9.17, 15) is 8.42 Å². The molecule has 16 heavy (non-hydrogen) atoms. The van der Waals surface area contributed by atoms with E-state index in [2.05, 4.69) is 6.92 Å². The highest BCUT2D eigenvalue weighted by Gasteiger charge is 2.08. The number of unbranched alkanes of at least 4 members (excludes halogenated alkanes) is 3. The van der Waals surface area contributed by atoms with Gasteiger partial charge in [0.2, 0.25) is 0 Å². The lowest BCUT2D eigenvalue weighted by Gasteiger charge is -2.02. The molecule has 0 saturated heterocycles. The molecule has 0 radical (unpaired) electrons. The van der Waals surface area contributed by atoms with Gasteiger partial charge in [0, 0.05) is 10.7 Å². The van der Waals surface area contributed by atoms with Crippen LogP contribution >= 0.6 is 10.7 Å². The lowest BCUT2D eigenvalue weighted by molar-refractivity contribution is 0.609. The Balaban J connectivity index is 2.52. The molecule has 0 heterocycles. The largest absolute Gasteiger partial charge is 0.261 e. The lowest BCUT2D eigenvalue weighted by atomic mass is 10.1. The molecule has 0 aliphatic heterocycles. The Bertz CT molecular complexity index is 409. The van der Waals surface area contributed by atoms with Gasteiger partial charge in [-0.3, -0.25) is 0 Å². The molecule has 0 aliphatic carbocycles. The summed E-state index contributed by atoms with van der Waals surface area (Å²) in [5, 5.41) is 0. The van der Waals surface area contributed by atoms with Crippen molar-refractivity contribution in [3.8, 4) is 0 Å². The highest BCUT2D eigenvalue weighted by molar-refractivity contribution is 8.13. The van der Waals surface area contributed by atoms with Crippen molar-refractivity contribution in [1.82, 2.24) is 0 Å². The fourth-order valence-electron chi connectivity index (χ4n) is 1.57. The van der Waals surface area contributed by atoms with E-state index in [1.165, 1.54) is 24.8 Å². The minimum absolute atomic E-state index is 0.173. The molecule has 90 valence electrons. The van der Waals surface area contributed by atoms with Crippen LogP contribution in [0.5, 0.6) is 0 Å². The molecule has 0 unspecified atom stereocenters. The second-order valence-corrected chi connectivity index (χ2v) is 6.46. The van der Waals surface area contributed by atoms with Crippen LogP contribution in [0.25, 0.3) is 0 Å². The maximum absolute atomic E-state index is 11.0. The predicted octanol–water partition coefficient (Wildman–Crippen LogP) is 3.74. The van der Waals surface area contributed by atoms with Crippen molar-refractivity contribution in [2.24, 2.45) is 0 Å². The van der Waals surface area contributed by atoms with Gasteiger partial charge in [0.15, 0.2) is 0 Å². The highest BCUT2D eigenvalue weighted by Crippen LogP contribution is 2.16. The molecule has 0 aliphatic rings. The third kappa shape index (κ3) is 4.54. The molecule has 0 bridgehead atoms. The van der Waals surface area contributed by atoms with Gasteiger partial charge in [-0.25, -0.2) is 8.42 Å². The van der Waals surface area contributed by atoms with Crippen molar-refractivity contribution in [3.05, 3.63) is 29.8 Å². The normalized spacial score (nSPS) is 11.6. The monoisotopic (exact) mass is 260 g/mol. The summed E-state index contributed by atoms with van der Waals surface area (Å²) in [6, 6.07) is 6.80. The molecule has 1 rings (SSSR count). The SMILES string of the molecule is CCCCCCc1ccc(S(=O)(=O)Cl)cc1. The first-order chi connectivity index (χ1) is 7.54. The van der Waals surface area contributed by atoms with Gasteiger partial charge in [0.05, 0.1) is 4.90 Å². The highest BCUT2D eigenvalue weighted by atomic mass is 35.7. The van der Waals surface area contributed by atoms with Crippen LogP contribution < -0.4 is 0 Å². The van der Waals surface area contributed by atoms with Gasteiger partial charge in [0.25, 0.3) is 9.05 Å². The third-order valence-corrected chi connectivity index (χ3v) is 3.89. The van der Waals surface area contributed by atoms with Gasteiger partial charge < -0.3 is 0 Å². The van der Waals surface area contributed by atoms with Gasteiger partial charge in [0.1, 0.15) is 0 Å². The zero-order valence-corrected chi connectivity index (χ0v) is 11.0. The van der Waals surface area contributed by atoms with Gasteiger partial charge in [-0.1, -0.05) is 38.3 Å². The molecular weight excluding hydrogens is 244 g/mol. The second-order valence-electron chi connectivity index (χ2n) is 3.89. The van der Waals surface area contributed by atoms with Gasteiger partial charge in [-0.05, 0) is 30.5 Å². The lowest BCUT2D eigenvalue weighted by Crippen LogP contribution is -1.91.